The average molecular weight is 1110 g/mol. The number of nitrogens with two attached hydrogens (primary N) is 1. The first kappa shape index (κ1) is 62.2. The summed E-state index contributed by atoms with van der Waals surface area (Å²) >= 11 is 0. The largest absolute Gasteiger partial charge is 0.481 e. The third kappa shape index (κ3) is 19.0. The van der Waals surface area contributed by atoms with Crippen molar-refractivity contribution in [1.29, 1.82) is 0 Å². The smallest absolute Gasteiger partial charge is 0.469 e. The lowest BCUT2D eigenvalue weighted by molar-refractivity contribution is -0.149. The molecule has 10 amide bonds. The second-order valence-corrected chi connectivity index (χ2v) is 20.4. The van der Waals surface area contributed by atoms with E-state index in [4.69, 9.17) is 5.73 Å². The van der Waals surface area contributed by atoms with Gasteiger partial charge in [-0.1, -0.05) is 44.2 Å². The van der Waals surface area contributed by atoms with E-state index in [0.717, 1.165) is 6.92 Å². The normalized spacial score (nSPS) is 18.5. The van der Waals surface area contributed by atoms with Gasteiger partial charge in [0.2, 0.25) is 59.1 Å². The number of nitrogens with zero attached hydrogens (tertiary/aromatic N) is 3. The first-order valence-corrected chi connectivity index (χ1v) is 26.3. The van der Waals surface area contributed by atoms with Gasteiger partial charge in [-0.3, -0.25) is 57.3 Å². The maximum atomic E-state index is 14.4. The van der Waals surface area contributed by atoms with Crippen LogP contribution in [-0.2, 0) is 74.7 Å². The number of aromatic amines is 1. The fourth-order valence-electron chi connectivity index (χ4n) is 8.77. The van der Waals surface area contributed by atoms with Gasteiger partial charge in [0.15, 0.2) is 0 Å². The van der Waals surface area contributed by atoms with Gasteiger partial charge in [-0.25, -0.2) is 9.55 Å². The van der Waals surface area contributed by atoms with E-state index in [0.29, 0.717) is 24.1 Å². The quantitative estimate of drug-likeness (QED) is 0.0362. The summed E-state index contributed by atoms with van der Waals surface area (Å²) < 4.78 is 16.2. The number of benzene rings is 1. The molecule has 10 atom stereocenters. The van der Waals surface area contributed by atoms with E-state index in [1.807, 2.05) is 0 Å². The molecule has 29 nitrogen and oxygen atoms in total. The molecule has 1 aromatic carbocycles. The van der Waals surface area contributed by atoms with E-state index in [1.165, 1.54) is 36.2 Å². The topological polar surface area (TPSA) is 440 Å². The van der Waals surface area contributed by atoms with Crippen LogP contribution in [0.3, 0.4) is 0 Å². The molecule has 0 aliphatic carbocycles. The predicted molar refractivity (Wildman–Crippen MR) is 267 cm³/mol. The number of phosphoric acid groups is 1. The SMILES string of the molecule is CC(=O)NC(Cc1ccccc1)C(=O)NC(CC(=O)O)C(=O)N1CCCC1C(=O)N1CCCC1C(=O)NC(CC(C)C)C(=O)NC(Cc1cnc[nH]1)C(=O)NC(CO)C(=O)NC(C(=O)NC(C)C(N)=O)C(C)OP(=O)(O)O. The zero-order valence-electron chi connectivity index (χ0n) is 43.1. The highest BCUT2D eigenvalue weighted by Gasteiger charge is 2.45. The highest BCUT2D eigenvalue weighted by atomic mass is 31.2. The summed E-state index contributed by atoms with van der Waals surface area (Å²) in [5.74, 6) is -10.7. The number of aromatic nitrogens is 2. The molecule has 0 radical (unpaired) electrons. The standard InChI is InChI=1S/C47H69N12O17P/c1-24(2)17-30(40(65)53-32(19-29-21-49-23-50-29)42(67)56-34(22-60)43(68)57-38(26(4)76-77(73,74)75)45(70)51-25(3)39(48)64)54-44(69)35-13-9-15-58(35)47(72)36-14-10-16-59(36)46(71)33(20-37(62)63)55-41(66)31(52-27(5)61)18-28-11-7-6-8-12-28/h6-8,11-12,21,23-26,30-36,38,60H,9-10,13-20,22H2,1-5H3,(H2,48,64)(H,49,50)(H,51,70)(H,52,61)(H,53,65)(H,54,69)(H,55,66)(H,56,67)(H,57,68)(H,62,63)(H2,73,74,75). The van der Waals surface area contributed by atoms with Crippen LogP contribution in [-0.4, -0.2) is 185 Å². The number of aliphatic hydroxyl groups excluding tert-OH is 1. The van der Waals surface area contributed by atoms with Crippen LogP contribution in [0.5, 0.6) is 0 Å². The summed E-state index contributed by atoms with van der Waals surface area (Å²) in [6.45, 7) is 5.86. The Morgan fingerprint density at radius 3 is 1.87 bits per heavy atom. The van der Waals surface area contributed by atoms with E-state index in [2.05, 4.69) is 51.7 Å². The molecule has 14 N–H and O–H groups in total. The number of phosphoric ester groups is 1. The van der Waals surface area contributed by atoms with Crippen molar-refractivity contribution in [2.24, 2.45) is 11.7 Å². The van der Waals surface area contributed by atoms with Gasteiger partial charge in [-0.2, -0.15) is 0 Å². The summed E-state index contributed by atoms with van der Waals surface area (Å²) in [7, 11) is -5.28. The van der Waals surface area contributed by atoms with E-state index < -0.39 is 146 Å². The summed E-state index contributed by atoms with van der Waals surface area (Å²) in [4.78, 5) is 175. The van der Waals surface area contributed by atoms with Gasteiger partial charge >= 0.3 is 13.8 Å². The Balaban J connectivity index is 1.51. The highest BCUT2D eigenvalue weighted by Crippen LogP contribution is 2.38. The lowest BCUT2D eigenvalue weighted by Crippen LogP contribution is -2.62. The van der Waals surface area contributed by atoms with Gasteiger partial charge < -0.3 is 77.7 Å². The number of likely N-dealkylation sites (tertiary alicyclic amines) is 2. The fraction of sp³-hybridized carbons (Fsp3) is 0.574. The van der Waals surface area contributed by atoms with Gasteiger partial charge in [0.05, 0.1) is 25.5 Å². The summed E-state index contributed by atoms with van der Waals surface area (Å²) in [6, 6.07) is -4.53. The van der Waals surface area contributed by atoms with Crippen molar-refractivity contribution >= 4 is 72.9 Å². The van der Waals surface area contributed by atoms with Crippen molar-refractivity contribution in [3.8, 4) is 0 Å². The van der Waals surface area contributed by atoms with Gasteiger partial charge in [0.25, 0.3) is 0 Å². The lowest BCUT2D eigenvalue weighted by Gasteiger charge is -2.33. The number of imidazole rings is 1. The number of aliphatic carboxylic acids is 1. The molecule has 10 unspecified atom stereocenters. The Bertz CT molecular complexity index is 2500. The molecule has 0 bridgehead atoms. The third-order valence-corrected chi connectivity index (χ3v) is 13.1. The first-order valence-electron chi connectivity index (χ1n) is 24.8. The molecule has 2 fully saturated rings. The summed E-state index contributed by atoms with van der Waals surface area (Å²) in [5.41, 5.74) is 6.19. The Morgan fingerprint density at radius 1 is 0.740 bits per heavy atom. The van der Waals surface area contributed by atoms with Crippen LogP contribution in [0.25, 0.3) is 0 Å². The van der Waals surface area contributed by atoms with Crippen molar-refractivity contribution in [2.45, 2.75) is 146 Å². The Morgan fingerprint density at radius 2 is 1.31 bits per heavy atom. The van der Waals surface area contributed by atoms with Gasteiger partial charge in [-0.05, 0) is 57.4 Å². The minimum absolute atomic E-state index is 0.000724. The predicted octanol–water partition coefficient (Wildman–Crippen LogP) is -3.89. The van der Waals surface area contributed by atoms with Gasteiger partial charge in [0, 0.05) is 44.7 Å². The molecule has 77 heavy (non-hydrogen) atoms. The molecule has 0 saturated carbocycles. The van der Waals surface area contributed by atoms with Gasteiger partial charge in [-0.15, -0.1) is 0 Å². The minimum Gasteiger partial charge on any atom is -0.481 e. The van der Waals surface area contributed by atoms with Crippen LogP contribution in [0, 0.1) is 5.92 Å². The second-order valence-electron chi connectivity index (χ2n) is 19.2. The average Bonchev–Trinajstić information content (AvgIpc) is 4.17. The summed E-state index contributed by atoms with van der Waals surface area (Å²) in [5, 5.41) is 36.9. The number of rotatable bonds is 28. The molecule has 2 aliphatic rings. The number of carboxylic acid groups (broad SMARTS) is 1. The molecule has 4 rings (SSSR count). The maximum Gasteiger partial charge on any atom is 0.469 e. The lowest BCUT2D eigenvalue weighted by atomic mass is 10.0. The minimum atomic E-state index is -5.28. The molecule has 30 heteroatoms. The molecule has 424 valence electrons. The molecular formula is C47H69N12O17P. The fourth-order valence-corrected chi connectivity index (χ4v) is 9.32. The number of hydrogen-bond acceptors (Lipinski definition) is 15. The zero-order chi connectivity index (χ0) is 57.3. The van der Waals surface area contributed by atoms with Crippen molar-refractivity contribution in [2.75, 3.05) is 19.7 Å². The number of primary amides is 1. The zero-order valence-corrected chi connectivity index (χ0v) is 44.0. The molecular weight excluding hydrogens is 1040 g/mol. The molecule has 0 spiro atoms. The van der Waals surface area contributed by atoms with E-state index in [1.54, 1.807) is 44.2 Å². The van der Waals surface area contributed by atoms with E-state index in [9.17, 15) is 77.3 Å². The van der Waals surface area contributed by atoms with Crippen LogP contribution < -0.4 is 43.0 Å². The monoisotopic (exact) mass is 1100 g/mol. The van der Waals surface area contributed by atoms with Crippen molar-refractivity contribution in [3.63, 3.8) is 0 Å². The number of hydrogen-bond donors (Lipinski definition) is 13. The van der Waals surface area contributed by atoms with Gasteiger partial charge in [0.1, 0.15) is 54.4 Å². The Labute approximate surface area is 442 Å². The van der Waals surface area contributed by atoms with Crippen LogP contribution in [0.15, 0.2) is 42.9 Å². The molecule has 2 saturated heterocycles. The van der Waals surface area contributed by atoms with Crippen molar-refractivity contribution in [1.82, 2.24) is 57.0 Å². The molecule has 2 aromatic rings. The maximum absolute atomic E-state index is 14.4. The number of carbonyl (C=O) groups is 11. The van der Waals surface area contributed by atoms with E-state index in [-0.39, 0.29) is 51.1 Å². The molecule has 3 heterocycles. The number of H-pyrrole nitrogens is 1. The van der Waals surface area contributed by atoms with E-state index >= 15 is 0 Å². The number of aliphatic hydroxyl groups is 1. The molecule has 2 aliphatic heterocycles. The second kappa shape index (κ2) is 28.7. The summed E-state index contributed by atoms with van der Waals surface area (Å²) in [6.07, 6.45) is 0.660. The third-order valence-electron chi connectivity index (χ3n) is 12.5. The first-order chi connectivity index (χ1) is 36.2. The number of carbonyl (C=O) groups excluding carboxylic acids is 10. The van der Waals surface area contributed by atoms with Crippen molar-refractivity contribution in [3.05, 3.63) is 54.1 Å². The van der Waals surface area contributed by atoms with Crippen LogP contribution >= 0.6 is 7.82 Å². The number of nitrogens with one attached hydrogen (secondary N) is 8. The molecule has 1 aromatic heterocycles. The number of amides is 10. The Kier molecular flexibility index (Phi) is 23.2. The van der Waals surface area contributed by atoms with Crippen molar-refractivity contribution < 1.29 is 81.8 Å². The highest BCUT2D eigenvalue weighted by molar-refractivity contribution is 7.46. The van der Waals surface area contributed by atoms with Crippen LogP contribution in [0.2, 0.25) is 0 Å². The van der Waals surface area contributed by atoms with Crippen LogP contribution in [0.4, 0.5) is 0 Å². The number of carboxylic acids is 1. The Hall–Kier alpha value is -7.33. The van der Waals surface area contributed by atoms with Crippen LogP contribution in [0.1, 0.15) is 84.4 Å².